The second-order valence-electron chi connectivity index (χ2n) is 5.31. The van der Waals surface area contributed by atoms with Gasteiger partial charge in [0.15, 0.2) is 0 Å². The fraction of sp³-hybridized carbons (Fsp3) is 0.375. The molecule has 0 fully saturated rings. The molecule has 0 saturated heterocycles. The Bertz CT molecular complexity index is 623. The molecule has 2 atom stereocenters. The Hall–Kier alpha value is -0.840. The zero-order valence-corrected chi connectivity index (χ0v) is 14.0. The third kappa shape index (κ3) is 2.41. The van der Waals surface area contributed by atoms with Gasteiger partial charge < -0.3 is 10.0 Å². The number of aliphatic hydroxyl groups is 1. The molecule has 1 aromatic heterocycles. The lowest BCUT2D eigenvalue weighted by molar-refractivity contribution is 0.199. The summed E-state index contributed by atoms with van der Waals surface area (Å²) in [5.74, 6) is 0. The molecular formula is C16H18BrNOS. The number of nitrogens with zero attached hydrogens (tertiary/aromatic N) is 1. The average Bonchev–Trinajstić information content (AvgIpc) is 2.89. The van der Waals surface area contributed by atoms with Gasteiger partial charge in [-0.15, -0.1) is 11.3 Å². The van der Waals surface area contributed by atoms with Crippen LogP contribution in [0.4, 0.5) is 5.69 Å². The van der Waals surface area contributed by atoms with Crippen molar-refractivity contribution in [2.75, 3.05) is 11.4 Å². The summed E-state index contributed by atoms with van der Waals surface area (Å²) < 4.78 is 1.06. The van der Waals surface area contributed by atoms with E-state index in [1.165, 1.54) is 16.1 Å². The maximum Gasteiger partial charge on any atom is 0.0762 e. The van der Waals surface area contributed by atoms with E-state index in [2.05, 4.69) is 45.3 Å². The summed E-state index contributed by atoms with van der Waals surface area (Å²) in [6, 6.07) is 8.80. The minimum Gasteiger partial charge on any atom is -0.389 e. The minimum atomic E-state index is -0.428. The molecule has 106 valence electrons. The Morgan fingerprint density at radius 1 is 1.40 bits per heavy atom. The van der Waals surface area contributed by atoms with Gasteiger partial charge in [-0.25, -0.2) is 0 Å². The molecule has 0 spiro atoms. The molecule has 2 heterocycles. The van der Waals surface area contributed by atoms with E-state index in [4.69, 9.17) is 0 Å². The lowest BCUT2D eigenvalue weighted by Gasteiger charge is -2.36. The van der Waals surface area contributed by atoms with Gasteiger partial charge in [0.2, 0.25) is 0 Å². The zero-order valence-electron chi connectivity index (χ0n) is 11.6. The molecule has 1 aliphatic rings. The SMILES string of the molecule is CC(O)c1ccc(N2CCc3sccc3C2C)c(Br)c1. The van der Waals surface area contributed by atoms with Crippen LogP contribution < -0.4 is 4.90 Å². The first kappa shape index (κ1) is 14.1. The molecule has 20 heavy (non-hydrogen) atoms. The molecule has 0 amide bonds. The Morgan fingerprint density at radius 3 is 2.90 bits per heavy atom. The first-order chi connectivity index (χ1) is 9.58. The van der Waals surface area contributed by atoms with Crippen molar-refractivity contribution in [3.8, 4) is 0 Å². The maximum atomic E-state index is 9.67. The van der Waals surface area contributed by atoms with Gasteiger partial charge in [-0.3, -0.25) is 0 Å². The highest BCUT2D eigenvalue weighted by atomic mass is 79.9. The molecular weight excluding hydrogens is 334 g/mol. The normalized spacial score (nSPS) is 19.8. The molecule has 2 unspecified atom stereocenters. The van der Waals surface area contributed by atoms with Gasteiger partial charge in [-0.1, -0.05) is 6.07 Å². The van der Waals surface area contributed by atoms with Crippen molar-refractivity contribution in [2.24, 2.45) is 0 Å². The number of aliphatic hydroxyl groups excluding tert-OH is 1. The predicted octanol–water partition coefficient (Wildman–Crippen LogP) is 4.69. The number of rotatable bonds is 2. The van der Waals surface area contributed by atoms with E-state index in [9.17, 15) is 5.11 Å². The number of hydrogen-bond acceptors (Lipinski definition) is 3. The van der Waals surface area contributed by atoms with Crippen LogP contribution in [0, 0.1) is 0 Å². The monoisotopic (exact) mass is 351 g/mol. The minimum absolute atomic E-state index is 0.402. The molecule has 2 aromatic rings. The van der Waals surface area contributed by atoms with E-state index in [1.54, 1.807) is 6.92 Å². The highest BCUT2D eigenvalue weighted by Crippen LogP contribution is 2.39. The third-order valence-corrected chi connectivity index (χ3v) is 5.67. The van der Waals surface area contributed by atoms with Gasteiger partial charge in [0.05, 0.1) is 17.8 Å². The number of fused-ring (bicyclic) bond motifs is 1. The van der Waals surface area contributed by atoms with Crippen molar-refractivity contribution in [3.63, 3.8) is 0 Å². The molecule has 1 aromatic carbocycles. The molecule has 1 N–H and O–H groups in total. The van der Waals surface area contributed by atoms with Crippen molar-refractivity contribution < 1.29 is 5.11 Å². The van der Waals surface area contributed by atoms with Crippen LogP contribution in [0.5, 0.6) is 0 Å². The number of benzene rings is 1. The number of anilines is 1. The van der Waals surface area contributed by atoms with Crippen LogP contribution in [0.1, 0.15) is 42.0 Å². The van der Waals surface area contributed by atoms with Crippen molar-refractivity contribution >= 4 is 33.0 Å². The zero-order chi connectivity index (χ0) is 14.3. The van der Waals surface area contributed by atoms with Crippen molar-refractivity contribution in [1.29, 1.82) is 0 Å². The van der Waals surface area contributed by atoms with Gasteiger partial charge in [0.1, 0.15) is 0 Å². The highest BCUT2D eigenvalue weighted by molar-refractivity contribution is 9.10. The fourth-order valence-electron chi connectivity index (χ4n) is 2.85. The maximum absolute atomic E-state index is 9.67. The molecule has 4 heteroatoms. The summed E-state index contributed by atoms with van der Waals surface area (Å²) in [7, 11) is 0. The Kier molecular flexibility index (Phi) is 3.89. The van der Waals surface area contributed by atoms with Gasteiger partial charge in [-0.05, 0) is 70.9 Å². The fourth-order valence-corrected chi connectivity index (χ4v) is 4.44. The quantitative estimate of drug-likeness (QED) is 0.848. The summed E-state index contributed by atoms with van der Waals surface area (Å²) in [6.07, 6.45) is 0.685. The Balaban J connectivity index is 1.94. The van der Waals surface area contributed by atoms with Gasteiger partial charge >= 0.3 is 0 Å². The van der Waals surface area contributed by atoms with Gasteiger partial charge in [0.25, 0.3) is 0 Å². The van der Waals surface area contributed by atoms with Crippen LogP contribution in [0.3, 0.4) is 0 Å². The van der Waals surface area contributed by atoms with Crippen molar-refractivity contribution in [2.45, 2.75) is 32.4 Å². The summed E-state index contributed by atoms with van der Waals surface area (Å²) in [5, 5.41) is 11.9. The smallest absolute Gasteiger partial charge is 0.0762 e. The van der Waals surface area contributed by atoms with Crippen LogP contribution in [0.15, 0.2) is 34.1 Å². The van der Waals surface area contributed by atoms with E-state index in [-0.39, 0.29) is 0 Å². The number of thiophene rings is 1. The van der Waals surface area contributed by atoms with Crippen LogP contribution in [0.25, 0.3) is 0 Å². The summed E-state index contributed by atoms with van der Waals surface area (Å²) in [6.45, 7) is 5.10. The van der Waals surface area contributed by atoms with Gasteiger partial charge in [0, 0.05) is 15.9 Å². The standard InChI is InChI=1S/C16H18BrNOS/c1-10-13-6-8-20-16(13)5-7-18(10)15-4-3-12(11(2)19)9-14(15)17/h3-4,6,8-11,19H,5,7H2,1-2H3. The van der Waals surface area contributed by atoms with Crippen LogP contribution >= 0.6 is 27.3 Å². The van der Waals surface area contributed by atoms with Crippen LogP contribution in [0.2, 0.25) is 0 Å². The highest BCUT2D eigenvalue weighted by Gasteiger charge is 2.26. The second-order valence-corrected chi connectivity index (χ2v) is 7.16. The molecule has 0 bridgehead atoms. The number of hydrogen-bond donors (Lipinski definition) is 1. The van der Waals surface area contributed by atoms with Crippen molar-refractivity contribution in [1.82, 2.24) is 0 Å². The third-order valence-electron chi connectivity index (χ3n) is 4.04. The van der Waals surface area contributed by atoms with E-state index >= 15 is 0 Å². The van der Waals surface area contributed by atoms with Crippen LogP contribution in [-0.2, 0) is 6.42 Å². The summed E-state index contributed by atoms with van der Waals surface area (Å²) in [5.41, 5.74) is 3.60. The molecule has 1 aliphatic heterocycles. The lowest BCUT2D eigenvalue weighted by atomic mass is 10.00. The van der Waals surface area contributed by atoms with E-state index in [1.807, 2.05) is 23.5 Å². The van der Waals surface area contributed by atoms with E-state index in [0.29, 0.717) is 6.04 Å². The Morgan fingerprint density at radius 2 is 2.20 bits per heavy atom. The summed E-state index contributed by atoms with van der Waals surface area (Å²) in [4.78, 5) is 3.95. The molecule has 2 nitrogen and oxygen atoms in total. The van der Waals surface area contributed by atoms with Crippen molar-refractivity contribution in [3.05, 3.63) is 50.1 Å². The molecule has 0 saturated carbocycles. The topological polar surface area (TPSA) is 23.5 Å². The van der Waals surface area contributed by atoms with Crippen LogP contribution in [-0.4, -0.2) is 11.7 Å². The lowest BCUT2D eigenvalue weighted by Crippen LogP contribution is -2.33. The molecule has 0 radical (unpaired) electrons. The largest absolute Gasteiger partial charge is 0.389 e. The summed E-state index contributed by atoms with van der Waals surface area (Å²) >= 11 is 5.52. The van der Waals surface area contributed by atoms with E-state index < -0.39 is 6.10 Å². The molecule has 3 rings (SSSR count). The van der Waals surface area contributed by atoms with E-state index in [0.717, 1.165) is 23.0 Å². The predicted molar refractivity (Wildman–Crippen MR) is 88.6 cm³/mol. The first-order valence-electron chi connectivity index (χ1n) is 6.88. The number of halogens is 1. The average molecular weight is 352 g/mol. The molecule has 0 aliphatic carbocycles. The Labute approximate surface area is 132 Å². The second kappa shape index (κ2) is 5.51. The van der Waals surface area contributed by atoms with Gasteiger partial charge in [-0.2, -0.15) is 0 Å². The first-order valence-corrected chi connectivity index (χ1v) is 8.55.